The Morgan fingerprint density at radius 3 is 2.64 bits per heavy atom. The molecule has 0 N–H and O–H groups in total. The van der Waals surface area contributed by atoms with E-state index in [0.29, 0.717) is 30.6 Å². The summed E-state index contributed by atoms with van der Waals surface area (Å²) in [6, 6.07) is 13.5. The number of benzene rings is 2. The molecule has 0 unspecified atom stereocenters. The second kappa shape index (κ2) is 6.74. The van der Waals surface area contributed by atoms with Crippen LogP contribution in [0.15, 0.2) is 53.1 Å². The summed E-state index contributed by atoms with van der Waals surface area (Å²) in [5.41, 5.74) is 0.820. The molecule has 2 aromatic carbocycles. The topological polar surface area (TPSA) is 68.5 Å². The molecule has 2 heterocycles. The van der Waals surface area contributed by atoms with Crippen LogP contribution in [0, 0.1) is 5.82 Å². The van der Waals surface area contributed by atoms with Gasteiger partial charge in [-0.1, -0.05) is 29.4 Å². The number of aromatic nitrogens is 2. The molecule has 1 aliphatic heterocycles. The van der Waals surface area contributed by atoms with Gasteiger partial charge in [-0.25, -0.2) is 4.39 Å². The third-order valence-corrected chi connectivity index (χ3v) is 5.03. The van der Waals surface area contributed by atoms with Gasteiger partial charge < -0.3 is 14.2 Å². The Kier molecular flexibility index (Phi) is 4.07. The summed E-state index contributed by atoms with van der Waals surface area (Å²) >= 11 is 0. The lowest BCUT2D eigenvalue weighted by Crippen LogP contribution is -2.56. The molecule has 142 valence electrons. The van der Waals surface area contributed by atoms with Crippen molar-refractivity contribution in [3.05, 3.63) is 65.7 Å². The van der Waals surface area contributed by atoms with Crippen LogP contribution >= 0.6 is 0 Å². The highest BCUT2D eigenvalue weighted by Crippen LogP contribution is 2.40. The molecule has 1 saturated heterocycles. The molecule has 6 nitrogen and oxygen atoms in total. The maximum absolute atomic E-state index is 13.8. The van der Waals surface area contributed by atoms with E-state index in [1.807, 2.05) is 24.3 Å². The van der Waals surface area contributed by atoms with E-state index in [2.05, 4.69) is 10.1 Å². The monoisotopic (exact) mass is 379 g/mol. The number of amides is 1. The zero-order valence-corrected chi connectivity index (χ0v) is 15.0. The molecule has 28 heavy (non-hydrogen) atoms. The molecule has 2 fully saturated rings. The second-order valence-corrected chi connectivity index (χ2v) is 7.16. The standard InChI is InChI=1S/C21H18FN3O3/c22-17-7-3-1-5-15(17)21(26)25-11-14(12-25)27-18-8-4-2-6-16(18)20-23-19(24-28-20)13-9-10-13/h1-8,13-14H,9-12H2. The molecular weight excluding hydrogens is 361 g/mol. The highest BCUT2D eigenvalue weighted by Gasteiger charge is 2.35. The lowest BCUT2D eigenvalue weighted by Gasteiger charge is -2.39. The van der Waals surface area contributed by atoms with E-state index in [-0.39, 0.29) is 17.6 Å². The van der Waals surface area contributed by atoms with Crippen molar-refractivity contribution in [2.45, 2.75) is 24.9 Å². The van der Waals surface area contributed by atoms with Crippen molar-refractivity contribution in [2.75, 3.05) is 13.1 Å². The van der Waals surface area contributed by atoms with Crippen molar-refractivity contribution in [2.24, 2.45) is 0 Å². The zero-order valence-electron chi connectivity index (χ0n) is 15.0. The van der Waals surface area contributed by atoms with Crippen LogP contribution in [-0.4, -0.2) is 40.1 Å². The molecule has 2 aliphatic rings. The normalized spacial score (nSPS) is 16.7. The van der Waals surface area contributed by atoms with E-state index in [0.717, 1.165) is 24.2 Å². The summed E-state index contributed by atoms with van der Waals surface area (Å²) < 4.78 is 25.3. The first-order chi connectivity index (χ1) is 13.7. The zero-order chi connectivity index (χ0) is 19.1. The van der Waals surface area contributed by atoms with Crippen molar-refractivity contribution in [3.63, 3.8) is 0 Å². The first kappa shape index (κ1) is 16.9. The number of carbonyl (C=O) groups excluding carboxylic acids is 1. The Bertz CT molecular complexity index is 1020. The first-order valence-electron chi connectivity index (χ1n) is 9.32. The predicted molar refractivity (Wildman–Crippen MR) is 98.4 cm³/mol. The van der Waals surface area contributed by atoms with E-state index in [1.165, 1.54) is 12.1 Å². The molecule has 0 atom stereocenters. The number of para-hydroxylation sites is 1. The SMILES string of the molecule is O=C(c1ccccc1F)N1CC(Oc2ccccc2-c2nc(C3CC3)no2)C1. The van der Waals surface area contributed by atoms with Crippen molar-refractivity contribution < 1.29 is 18.4 Å². The number of halogens is 1. The smallest absolute Gasteiger partial charge is 0.261 e. The molecule has 5 rings (SSSR count). The van der Waals surface area contributed by atoms with Crippen LogP contribution in [0.3, 0.4) is 0 Å². The van der Waals surface area contributed by atoms with Crippen LogP contribution in [0.2, 0.25) is 0 Å². The fourth-order valence-electron chi connectivity index (χ4n) is 3.26. The molecule has 0 radical (unpaired) electrons. The largest absolute Gasteiger partial charge is 0.486 e. The maximum Gasteiger partial charge on any atom is 0.261 e. The number of ether oxygens (including phenoxy) is 1. The highest BCUT2D eigenvalue weighted by molar-refractivity contribution is 5.95. The van der Waals surface area contributed by atoms with Crippen molar-refractivity contribution in [1.29, 1.82) is 0 Å². The Morgan fingerprint density at radius 1 is 1.11 bits per heavy atom. The van der Waals surface area contributed by atoms with Crippen molar-refractivity contribution >= 4 is 5.91 Å². The minimum atomic E-state index is -0.509. The van der Waals surface area contributed by atoms with Crippen LogP contribution < -0.4 is 4.74 Å². The number of hydrogen-bond acceptors (Lipinski definition) is 5. The van der Waals surface area contributed by atoms with Crippen molar-refractivity contribution in [1.82, 2.24) is 15.0 Å². The average Bonchev–Trinajstić information content (AvgIpc) is 3.42. The fraction of sp³-hybridized carbons (Fsp3) is 0.286. The number of rotatable bonds is 5. The van der Waals surface area contributed by atoms with Gasteiger partial charge in [-0.3, -0.25) is 4.79 Å². The molecule has 1 amide bonds. The molecule has 1 aliphatic carbocycles. The molecule has 0 spiro atoms. The molecule has 1 saturated carbocycles. The summed E-state index contributed by atoms with van der Waals surface area (Å²) in [5, 5.41) is 4.06. The van der Waals surface area contributed by atoms with Gasteiger partial charge in [-0.15, -0.1) is 0 Å². The van der Waals surface area contributed by atoms with Crippen LogP contribution in [0.5, 0.6) is 5.75 Å². The number of carbonyl (C=O) groups is 1. The number of nitrogens with zero attached hydrogens (tertiary/aromatic N) is 3. The van der Waals surface area contributed by atoms with Crippen LogP contribution in [0.4, 0.5) is 4.39 Å². The lowest BCUT2D eigenvalue weighted by molar-refractivity contribution is 0.0176. The van der Waals surface area contributed by atoms with Gasteiger partial charge in [0.2, 0.25) is 0 Å². The van der Waals surface area contributed by atoms with Crippen molar-refractivity contribution in [3.8, 4) is 17.2 Å². The summed E-state index contributed by atoms with van der Waals surface area (Å²) in [6.07, 6.45) is 2.04. The van der Waals surface area contributed by atoms with E-state index in [9.17, 15) is 9.18 Å². The molecule has 1 aromatic heterocycles. The molecular formula is C21H18FN3O3. The van der Waals surface area contributed by atoms with Crippen LogP contribution in [-0.2, 0) is 0 Å². The lowest BCUT2D eigenvalue weighted by atomic mass is 10.1. The quantitative estimate of drug-likeness (QED) is 0.677. The van der Waals surface area contributed by atoms with Gasteiger partial charge in [-0.05, 0) is 37.1 Å². The summed E-state index contributed by atoms with van der Waals surface area (Å²) in [4.78, 5) is 18.5. The van der Waals surface area contributed by atoms with Gasteiger partial charge in [0, 0.05) is 5.92 Å². The minimum absolute atomic E-state index is 0.0832. The minimum Gasteiger partial charge on any atom is -0.486 e. The maximum atomic E-state index is 13.8. The van der Waals surface area contributed by atoms with Gasteiger partial charge in [0.15, 0.2) is 5.82 Å². The Labute approximate surface area is 160 Å². The van der Waals surface area contributed by atoms with Crippen LogP contribution in [0.1, 0.15) is 34.9 Å². The van der Waals surface area contributed by atoms with Gasteiger partial charge in [0.25, 0.3) is 11.8 Å². The third kappa shape index (κ3) is 3.13. The van der Waals surface area contributed by atoms with E-state index >= 15 is 0 Å². The number of hydrogen-bond donors (Lipinski definition) is 0. The Morgan fingerprint density at radius 2 is 1.86 bits per heavy atom. The Balaban J connectivity index is 1.27. The molecule has 7 heteroatoms. The van der Waals surface area contributed by atoms with Gasteiger partial charge in [0.1, 0.15) is 17.7 Å². The first-order valence-corrected chi connectivity index (χ1v) is 9.32. The Hall–Kier alpha value is -3.22. The predicted octanol–water partition coefficient (Wildman–Crippen LogP) is 3.66. The molecule has 0 bridgehead atoms. The van der Waals surface area contributed by atoms with E-state index in [1.54, 1.807) is 17.0 Å². The van der Waals surface area contributed by atoms with Gasteiger partial charge in [0.05, 0.1) is 24.2 Å². The second-order valence-electron chi connectivity index (χ2n) is 7.16. The average molecular weight is 379 g/mol. The number of likely N-dealkylation sites (tertiary alicyclic amines) is 1. The summed E-state index contributed by atoms with van der Waals surface area (Å²) in [7, 11) is 0. The third-order valence-electron chi connectivity index (χ3n) is 5.03. The van der Waals surface area contributed by atoms with Crippen LogP contribution in [0.25, 0.3) is 11.5 Å². The van der Waals surface area contributed by atoms with E-state index in [4.69, 9.17) is 9.26 Å². The fourth-order valence-corrected chi connectivity index (χ4v) is 3.26. The van der Waals surface area contributed by atoms with Gasteiger partial charge >= 0.3 is 0 Å². The summed E-state index contributed by atoms with van der Waals surface area (Å²) in [6.45, 7) is 0.803. The molecule has 3 aromatic rings. The summed E-state index contributed by atoms with van der Waals surface area (Å²) in [5.74, 6) is 1.40. The van der Waals surface area contributed by atoms with E-state index < -0.39 is 5.82 Å². The van der Waals surface area contributed by atoms with Gasteiger partial charge in [-0.2, -0.15) is 4.98 Å². The highest BCUT2D eigenvalue weighted by atomic mass is 19.1.